The summed E-state index contributed by atoms with van der Waals surface area (Å²) in [5.74, 6) is -0.0537. The van der Waals surface area contributed by atoms with E-state index in [0.717, 1.165) is 0 Å². The maximum absolute atomic E-state index is 11.9. The van der Waals surface area contributed by atoms with E-state index >= 15 is 0 Å². The van der Waals surface area contributed by atoms with Crippen LogP contribution in [-0.4, -0.2) is 54.5 Å². The summed E-state index contributed by atoms with van der Waals surface area (Å²) in [4.78, 5) is 17.5. The van der Waals surface area contributed by atoms with Gasteiger partial charge in [-0.2, -0.15) is 0 Å². The van der Waals surface area contributed by atoms with Gasteiger partial charge in [0.25, 0.3) is 5.91 Å². The zero-order valence-electron chi connectivity index (χ0n) is 10.5. The summed E-state index contributed by atoms with van der Waals surface area (Å²) in [6.07, 6.45) is 1.53. The van der Waals surface area contributed by atoms with E-state index < -0.39 is 0 Å². The molecule has 0 unspecified atom stereocenters. The Morgan fingerprint density at radius 3 is 2.95 bits per heavy atom. The SMILES string of the molecule is N=C(N)c1cccnc1OCC(=O)N1CCOCC1. The van der Waals surface area contributed by atoms with Crippen LogP contribution in [0, 0.1) is 5.41 Å². The number of amidine groups is 1. The third-order valence-electron chi connectivity index (χ3n) is 2.76. The number of hydrogen-bond acceptors (Lipinski definition) is 5. The van der Waals surface area contributed by atoms with Crippen molar-refractivity contribution in [1.29, 1.82) is 5.41 Å². The minimum absolute atomic E-state index is 0.114. The highest BCUT2D eigenvalue weighted by atomic mass is 16.5. The lowest BCUT2D eigenvalue weighted by molar-refractivity contribution is -0.137. The van der Waals surface area contributed by atoms with Gasteiger partial charge in [-0.3, -0.25) is 10.2 Å². The minimum Gasteiger partial charge on any atom is -0.467 e. The Hall–Kier alpha value is -2.15. The molecule has 7 heteroatoms. The summed E-state index contributed by atoms with van der Waals surface area (Å²) in [6.45, 7) is 2.13. The fourth-order valence-corrected chi connectivity index (χ4v) is 1.74. The van der Waals surface area contributed by atoms with Crippen molar-refractivity contribution >= 4 is 11.7 Å². The fourth-order valence-electron chi connectivity index (χ4n) is 1.74. The number of morpholine rings is 1. The molecule has 0 saturated carbocycles. The lowest BCUT2D eigenvalue weighted by Gasteiger charge is -2.26. The van der Waals surface area contributed by atoms with Gasteiger partial charge in [-0.25, -0.2) is 4.98 Å². The maximum Gasteiger partial charge on any atom is 0.260 e. The first-order valence-electron chi connectivity index (χ1n) is 5.96. The number of nitrogens with two attached hydrogens (primary N) is 1. The minimum atomic E-state index is -0.137. The third kappa shape index (κ3) is 3.41. The Labute approximate surface area is 110 Å². The normalized spacial score (nSPS) is 15.1. The Balaban J connectivity index is 1.94. The number of carbonyl (C=O) groups excluding carboxylic acids is 1. The van der Waals surface area contributed by atoms with Gasteiger partial charge in [-0.05, 0) is 12.1 Å². The summed E-state index contributed by atoms with van der Waals surface area (Å²) in [7, 11) is 0. The highest BCUT2D eigenvalue weighted by Crippen LogP contribution is 2.13. The summed E-state index contributed by atoms with van der Waals surface area (Å²) >= 11 is 0. The van der Waals surface area contributed by atoms with Gasteiger partial charge in [0.1, 0.15) is 5.84 Å². The van der Waals surface area contributed by atoms with Gasteiger partial charge in [0.05, 0.1) is 18.8 Å². The highest BCUT2D eigenvalue weighted by Gasteiger charge is 2.18. The van der Waals surface area contributed by atoms with Gasteiger partial charge in [-0.15, -0.1) is 0 Å². The number of pyridine rings is 1. The molecular weight excluding hydrogens is 248 g/mol. The Morgan fingerprint density at radius 2 is 2.26 bits per heavy atom. The molecule has 1 aliphatic rings. The van der Waals surface area contributed by atoms with Crippen molar-refractivity contribution in [2.45, 2.75) is 0 Å². The zero-order chi connectivity index (χ0) is 13.7. The average Bonchev–Trinajstić information content (AvgIpc) is 2.46. The first-order chi connectivity index (χ1) is 9.18. The molecule has 0 aromatic carbocycles. The fraction of sp³-hybridized carbons (Fsp3) is 0.417. The van der Waals surface area contributed by atoms with Crippen LogP contribution in [0.25, 0.3) is 0 Å². The van der Waals surface area contributed by atoms with Gasteiger partial charge in [0.2, 0.25) is 5.88 Å². The van der Waals surface area contributed by atoms with E-state index in [1.54, 1.807) is 17.0 Å². The molecule has 1 saturated heterocycles. The second kappa shape index (κ2) is 6.14. The van der Waals surface area contributed by atoms with Crippen LogP contribution in [0.5, 0.6) is 5.88 Å². The third-order valence-corrected chi connectivity index (χ3v) is 2.76. The molecule has 0 bridgehead atoms. The number of hydrogen-bond donors (Lipinski definition) is 2. The number of aromatic nitrogens is 1. The number of ether oxygens (including phenoxy) is 2. The van der Waals surface area contributed by atoms with Crippen molar-refractivity contribution < 1.29 is 14.3 Å². The number of nitrogen functional groups attached to an aromatic ring is 1. The molecule has 3 N–H and O–H groups in total. The molecule has 0 atom stereocenters. The molecule has 1 aromatic heterocycles. The predicted molar refractivity (Wildman–Crippen MR) is 68.1 cm³/mol. The van der Waals surface area contributed by atoms with Crippen LogP contribution in [0.2, 0.25) is 0 Å². The molecule has 19 heavy (non-hydrogen) atoms. The summed E-state index contributed by atoms with van der Waals surface area (Å²) in [5.41, 5.74) is 5.80. The van der Waals surface area contributed by atoms with Crippen molar-refractivity contribution in [3.8, 4) is 5.88 Å². The largest absolute Gasteiger partial charge is 0.467 e. The van der Waals surface area contributed by atoms with Crippen LogP contribution < -0.4 is 10.5 Å². The van der Waals surface area contributed by atoms with Crippen molar-refractivity contribution in [3.63, 3.8) is 0 Å². The number of amides is 1. The van der Waals surface area contributed by atoms with Crippen molar-refractivity contribution in [1.82, 2.24) is 9.88 Å². The molecule has 1 fully saturated rings. The van der Waals surface area contributed by atoms with E-state index in [1.165, 1.54) is 6.20 Å². The summed E-state index contributed by atoms with van der Waals surface area (Å²) < 4.78 is 10.5. The Kier molecular flexibility index (Phi) is 4.30. The van der Waals surface area contributed by atoms with Crippen LogP contribution in [0.4, 0.5) is 0 Å². The maximum atomic E-state index is 11.9. The zero-order valence-corrected chi connectivity index (χ0v) is 10.5. The van der Waals surface area contributed by atoms with Crippen molar-refractivity contribution in [3.05, 3.63) is 23.9 Å². The van der Waals surface area contributed by atoms with Gasteiger partial charge >= 0.3 is 0 Å². The molecule has 7 nitrogen and oxygen atoms in total. The smallest absolute Gasteiger partial charge is 0.260 e. The lowest BCUT2D eigenvalue weighted by Crippen LogP contribution is -2.43. The molecule has 1 aliphatic heterocycles. The van der Waals surface area contributed by atoms with E-state index in [2.05, 4.69) is 4.98 Å². The van der Waals surface area contributed by atoms with Crippen LogP contribution in [0.1, 0.15) is 5.56 Å². The van der Waals surface area contributed by atoms with E-state index in [9.17, 15) is 4.79 Å². The molecule has 0 aliphatic carbocycles. The lowest BCUT2D eigenvalue weighted by atomic mass is 10.2. The standard InChI is InChI=1S/C12H16N4O3/c13-11(14)9-2-1-3-15-12(9)19-8-10(17)16-4-6-18-7-5-16/h1-3H,4-8H2,(H3,13,14). The molecule has 1 aromatic rings. The summed E-state index contributed by atoms with van der Waals surface area (Å²) in [5, 5.41) is 7.40. The number of nitrogens with one attached hydrogen (secondary N) is 1. The Morgan fingerprint density at radius 1 is 1.53 bits per heavy atom. The quantitative estimate of drug-likeness (QED) is 0.569. The summed E-state index contributed by atoms with van der Waals surface area (Å²) in [6, 6.07) is 3.29. The van der Waals surface area contributed by atoms with E-state index in [4.69, 9.17) is 20.6 Å². The number of nitrogens with zero attached hydrogens (tertiary/aromatic N) is 2. The van der Waals surface area contributed by atoms with Crippen molar-refractivity contribution in [2.24, 2.45) is 5.73 Å². The van der Waals surface area contributed by atoms with Crippen molar-refractivity contribution in [2.75, 3.05) is 32.9 Å². The van der Waals surface area contributed by atoms with E-state index in [1.807, 2.05) is 0 Å². The highest BCUT2D eigenvalue weighted by molar-refractivity contribution is 5.97. The molecule has 1 amide bonds. The second-order valence-corrected chi connectivity index (χ2v) is 4.05. The molecular formula is C12H16N4O3. The van der Waals surface area contributed by atoms with Gasteiger partial charge in [-0.1, -0.05) is 0 Å². The second-order valence-electron chi connectivity index (χ2n) is 4.05. The van der Waals surface area contributed by atoms with Gasteiger partial charge in [0.15, 0.2) is 6.61 Å². The number of rotatable bonds is 4. The topological polar surface area (TPSA) is 102 Å². The van der Waals surface area contributed by atoms with E-state index in [-0.39, 0.29) is 24.2 Å². The predicted octanol–water partition coefficient (Wildman–Crippen LogP) is -0.397. The first kappa shape index (κ1) is 13.3. The molecule has 102 valence electrons. The van der Waals surface area contributed by atoms with Crippen LogP contribution >= 0.6 is 0 Å². The Bertz CT molecular complexity index is 472. The van der Waals surface area contributed by atoms with Crippen LogP contribution in [-0.2, 0) is 9.53 Å². The molecule has 2 rings (SSSR count). The molecule has 0 spiro atoms. The molecule has 0 radical (unpaired) electrons. The van der Waals surface area contributed by atoms with Gasteiger partial charge in [0, 0.05) is 19.3 Å². The monoisotopic (exact) mass is 264 g/mol. The van der Waals surface area contributed by atoms with Crippen LogP contribution in [0.3, 0.4) is 0 Å². The first-order valence-corrected chi connectivity index (χ1v) is 5.96. The van der Waals surface area contributed by atoms with Gasteiger partial charge < -0.3 is 20.1 Å². The average molecular weight is 264 g/mol. The van der Waals surface area contributed by atoms with Crippen LogP contribution in [0.15, 0.2) is 18.3 Å². The molecule has 2 heterocycles. The number of carbonyl (C=O) groups is 1. The van der Waals surface area contributed by atoms with E-state index in [0.29, 0.717) is 31.9 Å².